The predicted octanol–water partition coefficient (Wildman–Crippen LogP) is 1.57. The molecule has 146 valence electrons. The fraction of sp³-hybridized carbons (Fsp3) is 0.941. The third kappa shape index (κ3) is 3.65. The van der Waals surface area contributed by atoms with Crippen LogP contribution in [0.1, 0.15) is 41.0 Å². The number of ether oxygens (including phenoxy) is 3. The molecular formula is C17H32O7Si. The molecule has 0 amide bonds. The molecule has 0 unspecified atom stereocenters. The molecule has 0 spiro atoms. The molecule has 7 nitrogen and oxygen atoms in total. The number of aliphatic hydroxyl groups excluding tert-OH is 1. The topological polar surface area (TPSA) is 94.5 Å². The van der Waals surface area contributed by atoms with E-state index in [0.29, 0.717) is 0 Å². The van der Waals surface area contributed by atoms with Crippen LogP contribution < -0.4 is 0 Å². The first-order chi connectivity index (χ1) is 11.1. The summed E-state index contributed by atoms with van der Waals surface area (Å²) in [5, 5.41) is 21.6. The Labute approximate surface area is 150 Å². The minimum absolute atomic E-state index is 0.105. The van der Waals surface area contributed by atoms with E-state index in [1.54, 1.807) is 13.8 Å². The summed E-state index contributed by atoms with van der Waals surface area (Å²) in [5.74, 6) is -1.78. The van der Waals surface area contributed by atoms with E-state index < -0.39 is 50.1 Å². The van der Waals surface area contributed by atoms with Gasteiger partial charge in [0, 0.05) is 6.42 Å². The van der Waals surface area contributed by atoms with Crippen LogP contribution in [0, 0.1) is 0 Å². The summed E-state index contributed by atoms with van der Waals surface area (Å²) in [6.07, 6.45) is -3.59. The van der Waals surface area contributed by atoms with Crippen LogP contribution >= 0.6 is 0 Å². The number of hydrogen-bond donors (Lipinski definition) is 2. The van der Waals surface area contributed by atoms with Crippen molar-refractivity contribution in [1.82, 2.24) is 0 Å². The van der Waals surface area contributed by atoms with Crippen molar-refractivity contribution in [1.29, 1.82) is 0 Å². The molecule has 1 aliphatic heterocycles. The molecule has 1 heterocycles. The maximum atomic E-state index is 12.2. The summed E-state index contributed by atoms with van der Waals surface area (Å²) in [5.41, 5.74) is -2.09. The number of hydrogen-bond acceptors (Lipinski definition) is 7. The smallest absolute Gasteiger partial charge is 0.340 e. The van der Waals surface area contributed by atoms with Gasteiger partial charge in [0.05, 0.1) is 13.2 Å². The number of carbonyl (C=O) groups excluding carboxylic acids is 1. The molecule has 25 heavy (non-hydrogen) atoms. The lowest BCUT2D eigenvalue weighted by Gasteiger charge is -2.48. The summed E-state index contributed by atoms with van der Waals surface area (Å²) < 4.78 is 22.9. The van der Waals surface area contributed by atoms with Gasteiger partial charge >= 0.3 is 5.97 Å². The zero-order valence-electron chi connectivity index (χ0n) is 16.5. The summed E-state index contributed by atoms with van der Waals surface area (Å²) >= 11 is 0. The van der Waals surface area contributed by atoms with Gasteiger partial charge in [-0.3, -0.25) is 0 Å². The Morgan fingerprint density at radius 1 is 1.24 bits per heavy atom. The van der Waals surface area contributed by atoms with E-state index in [9.17, 15) is 15.0 Å². The average molecular weight is 377 g/mol. The normalized spacial score (nSPS) is 38.3. The van der Waals surface area contributed by atoms with E-state index in [2.05, 4.69) is 20.8 Å². The summed E-state index contributed by atoms with van der Waals surface area (Å²) in [4.78, 5) is 12.2. The van der Waals surface area contributed by atoms with Gasteiger partial charge in [0.2, 0.25) is 0 Å². The first kappa shape index (κ1) is 20.8. The Balaban J connectivity index is 2.41. The first-order valence-corrected chi connectivity index (χ1v) is 11.6. The average Bonchev–Trinajstić information content (AvgIpc) is 2.75. The lowest BCUT2D eigenvalue weighted by Crippen LogP contribution is -2.68. The number of rotatable bonds is 3. The zero-order chi connectivity index (χ0) is 19.4. The minimum atomic E-state index is -2.31. The Hall–Kier alpha value is -0.513. The van der Waals surface area contributed by atoms with Gasteiger partial charge in [-0.25, -0.2) is 4.79 Å². The predicted molar refractivity (Wildman–Crippen MR) is 93.5 cm³/mol. The van der Waals surface area contributed by atoms with Crippen LogP contribution in [0.3, 0.4) is 0 Å². The molecule has 0 aromatic heterocycles. The Morgan fingerprint density at radius 3 is 2.28 bits per heavy atom. The van der Waals surface area contributed by atoms with E-state index in [4.69, 9.17) is 18.6 Å². The molecule has 2 aliphatic rings. The van der Waals surface area contributed by atoms with Gasteiger partial charge in [0.25, 0.3) is 0 Å². The second kappa shape index (κ2) is 6.28. The third-order valence-corrected chi connectivity index (χ3v) is 10.1. The maximum Gasteiger partial charge on any atom is 0.340 e. The van der Waals surface area contributed by atoms with Crippen molar-refractivity contribution in [3.05, 3.63) is 0 Å². The lowest BCUT2D eigenvalue weighted by molar-refractivity contribution is -0.211. The van der Waals surface area contributed by atoms with Crippen LogP contribution in [0.2, 0.25) is 18.1 Å². The first-order valence-electron chi connectivity index (χ1n) is 8.67. The molecule has 8 heteroatoms. The van der Waals surface area contributed by atoms with E-state index in [0.717, 1.165) is 0 Å². The van der Waals surface area contributed by atoms with Crippen molar-refractivity contribution in [3.63, 3.8) is 0 Å². The van der Waals surface area contributed by atoms with Gasteiger partial charge in [-0.1, -0.05) is 20.8 Å². The number of aliphatic hydroxyl groups is 2. The summed E-state index contributed by atoms with van der Waals surface area (Å²) in [6, 6.07) is 0. The SMILES string of the molecule is COC(=O)[C@@]1(O)C[C@H]2OC(C)(C)O[C@H]2[C@@H](O[Si](C)(C)C(C)(C)C)[C@@H]1O. The second-order valence-corrected chi connectivity index (χ2v) is 13.8. The molecule has 1 saturated carbocycles. The van der Waals surface area contributed by atoms with Gasteiger partial charge in [0.15, 0.2) is 19.7 Å². The van der Waals surface area contributed by atoms with E-state index in [1.807, 2.05) is 13.1 Å². The van der Waals surface area contributed by atoms with Crippen molar-refractivity contribution in [2.75, 3.05) is 7.11 Å². The summed E-state index contributed by atoms with van der Waals surface area (Å²) in [6.45, 7) is 13.8. The Morgan fingerprint density at radius 2 is 1.80 bits per heavy atom. The molecule has 0 aromatic carbocycles. The quantitative estimate of drug-likeness (QED) is 0.570. The fourth-order valence-corrected chi connectivity index (χ4v) is 4.50. The molecule has 2 rings (SSSR count). The summed E-state index contributed by atoms with van der Waals surface area (Å²) in [7, 11) is -1.13. The third-order valence-electron chi connectivity index (χ3n) is 5.63. The number of fused-ring (bicyclic) bond motifs is 1. The van der Waals surface area contributed by atoms with Crippen LogP contribution in [-0.2, 0) is 23.4 Å². The molecule has 1 saturated heterocycles. The fourth-order valence-electron chi connectivity index (χ4n) is 3.21. The number of esters is 1. The standard InChI is InChI=1S/C17H32O7Si/c1-15(2,3)25(7,8)24-12-11-10(22-16(4,5)23-11)9-17(20,13(12)18)14(19)21-6/h10-13,18,20H,9H2,1-8H3/t10-,11-,12-,13+,17-/m1/s1. The molecule has 0 aromatic rings. The zero-order valence-corrected chi connectivity index (χ0v) is 17.5. The van der Waals surface area contributed by atoms with Crippen LogP contribution in [0.25, 0.3) is 0 Å². The highest BCUT2D eigenvalue weighted by Gasteiger charge is 2.63. The highest BCUT2D eigenvalue weighted by molar-refractivity contribution is 6.74. The lowest BCUT2D eigenvalue weighted by atomic mass is 9.77. The van der Waals surface area contributed by atoms with Gasteiger partial charge < -0.3 is 28.8 Å². The highest BCUT2D eigenvalue weighted by Crippen LogP contribution is 2.46. The van der Waals surface area contributed by atoms with Crippen LogP contribution in [0.5, 0.6) is 0 Å². The van der Waals surface area contributed by atoms with E-state index >= 15 is 0 Å². The van der Waals surface area contributed by atoms with Crippen molar-refractivity contribution in [2.24, 2.45) is 0 Å². The molecule has 2 N–H and O–H groups in total. The monoisotopic (exact) mass is 376 g/mol. The minimum Gasteiger partial charge on any atom is -0.467 e. The van der Waals surface area contributed by atoms with Crippen molar-refractivity contribution < 1.29 is 33.6 Å². The van der Waals surface area contributed by atoms with Gasteiger partial charge in [-0.2, -0.15) is 0 Å². The van der Waals surface area contributed by atoms with Crippen LogP contribution in [0.15, 0.2) is 0 Å². The van der Waals surface area contributed by atoms with Crippen molar-refractivity contribution >= 4 is 14.3 Å². The van der Waals surface area contributed by atoms with Crippen LogP contribution in [-0.4, -0.2) is 67.4 Å². The Bertz CT molecular complexity index is 528. The second-order valence-electron chi connectivity index (χ2n) is 9.05. The Kier molecular flexibility index (Phi) is 5.22. The van der Waals surface area contributed by atoms with Gasteiger partial charge in [-0.15, -0.1) is 0 Å². The van der Waals surface area contributed by atoms with Gasteiger partial charge in [0.1, 0.15) is 18.3 Å². The highest BCUT2D eigenvalue weighted by atomic mass is 28.4. The number of carbonyl (C=O) groups is 1. The molecule has 0 bridgehead atoms. The largest absolute Gasteiger partial charge is 0.467 e. The molecule has 2 fully saturated rings. The molecule has 0 radical (unpaired) electrons. The van der Waals surface area contributed by atoms with Crippen molar-refractivity contribution in [3.8, 4) is 0 Å². The maximum absolute atomic E-state index is 12.2. The van der Waals surface area contributed by atoms with E-state index in [-0.39, 0.29) is 11.5 Å². The van der Waals surface area contributed by atoms with Gasteiger partial charge in [-0.05, 0) is 32.0 Å². The molecule has 5 atom stereocenters. The van der Waals surface area contributed by atoms with Crippen molar-refractivity contribution in [2.45, 2.75) is 95.0 Å². The molecule has 1 aliphatic carbocycles. The molecular weight excluding hydrogens is 344 g/mol. The number of methoxy groups -OCH3 is 1. The van der Waals surface area contributed by atoms with E-state index in [1.165, 1.54) is 7.11 Å². The van der Waals surface area contributed by atoms with Crippen LogP contribution in [0.4, 0.5) is 0 Å².